The van der Waals surface area contributed by atoms with Gasteiger partial charge in [-0.25, -0.2) is 9.78 Å². The van der Waals surface area contributed by atoms with Gasteiger partial charge >= 0.3 is 6.09 Å². The molecule has 10 heteroatoms. The van der Waals surface area contributed by atoms with Crippen molar-refractivity contribution < 1.29 is 14.3 Å². The minimum absolute atomic E-state index is 0.190. The predicted molar refractivity (Wildman–Crippen MR) is 170 cm³/mol. The number of fused-ring (bicyclic) bond motifs is 2. The number of nitrogens with zero attached hydrogens (tertiary/aromatic N) is 4. The molecule has 0 spiro atoms. The lowest BCUT2D eigenvalue weighted by molar-refractivity contribution is 0.0526. The molecule has 0 saturated carbocycles. The van der Waals surface area contributed by atoms with Crippen LogP contribution in [0.3, 0.4) is 0 Å². The van der Waals surface area contributed by atoms with E-state index in [2.05, 4.69) is 43.7 Å². The Morgan fingerprint density at radius 1 is 1.02 bits per heavy atom. The lowest BCUT2D eigenvalue weighted by Gasteiger charge is -2.19. The third kappa shape index (κ3) is 8.13. The molecule has 3 N–H and O–H groups in total. The molecule has 0 unspecified atom stereocenters. The van der Waals surface area contributed by atoms with Gasteiger partial charge in [-0.15, -0.1) is 0 Å². The molecule has 43 heavy (non-hydrogen) atoms. The number of alkyl carbamates (subject to hydrolysis) is 1. The summed E-state index contributed by atoms with van der Waals surface area (Å²) in [6.07, 6.45) is 12.1. The van der Waals surface area contributed by atoms with E-state index in [0.717, 1.165) is 79.8 Å². The first-order chi connectivity index (χ1) is 20.7. The molecule has 1 saturated heterocycles. The summed E-state index contributed by atoms with van der Waals surface area (Å²) in [6.45, 7) is 8.19. The van der Waals surface area contributed by atoms with Gasteiger partial charge in [0.15, 0.2) is 0 Å². The highest BCUT2D eigenvalue weighted by atomic mass is 16.6. The summed E-state index contributed by atoms with van der Waals surface area (Å²) in [7, 11) is 2.16. The van der Waals surface area contributed by atoms with Crippen LogP contribution in [-0.4, -0.2) is 62.4 Å². The van der Waals surface area contributed by atoms with Crippen molar-refractivity contribution in [3.8, 4) is 0 Å². The maximum atomic E-state index is 13.1. The molecule has 4 heterocycles. The zero-order chi connectivity index (χ0) is 30.4. The number of aromatic amines is 1. The fourth-order valence-electron chi connectivity index (χ4n) is 5.79. The number of H-pyrrole nitrogens is 1. The number of rotatable bonds is 12. The molecular weight excluding hydrogens is 542 g/mol. The highest BCUT2D eigenvalue weighted by molar-refractivity contribution is 6.06. The number of benzene rings is 1. The smallest absolute Gasteiger partial charge is 0.407 e. The predicted octanol–water partition coefficient (Wildman–Crippen LogP) is 6.80. The first-order valence-corrected chi connectivity index (χ1v) is 15.6. The van der Waals surface area contributed by atoms with Gasteiger partial charge < -0.3 is 20.4 Å². The Kier molecular flexibility index (Phi) is 9.65. The highest BCUT2D eigenvalue weighted by Crippen LogP contribution is 2.32. The number of ether oxygens (including phenoxy) is 1. The number of likely N-dealkylation sites (tertiary alicyclic amines) is 1. The fourth-order valence-corrected chi connectivity index (χ4v) is 5.79. The molecule has 10 nitrogen and oxygen atoms in total. The molecule has 1 fully saturated rings. The normalized spacial score (nSPS) is 15.8. The van der Waals surface area contributed by atoms with E-state index in [1.807, 2.05) is 62.1 Å². The second-order valence-corrected chi connectivity index (χ2v) is 12.7. The van der Waals surface area contributed by atoms with E-state index in [0.29, 0.717) is 24.0 Å². The lowest BCUT2D eigenvalue weighted by Crippen LogP contribution is -2.32. The zero-order valence-electron chi connectivity index (χ0n) is 25.9. The molecule has 5 rings (SSSR count). The van der Waals surface area contributed by atoms with Crippen molar-refractivity contribution in [1.29, 1.82) is 0 Å². The summed E-state index contributed by atoms with van der Waals surface area (Å²) in [5.74, 6) is 0.339. The van der Waals surface area contributed by atoms with Gasteiger partial charge in [-0.1, -0.05) is 25.7 Å². The Morgan fingerprint density at radius 2 is 1.81 bits per heavy atom. The standard InChI is InChI=1S/C33H45N7O3/c1-33(2,3)43-32(42)34-15-9-7-5-6-8-10-17-40-28-14-13-23(18-25(28)22-36-40)31(41)38-30-20-26-24(21-35-30)19-27(37-26)29-12-11-16-39(29)4/h13-14,18-22,29,37H,5-12,15-17H2,1-4H3,(H,34,42)(H,35,38,41)/t29-/m0/s1. The Morgan fingerprint density at radius 3 is 2.58 bits per heavy atom. The second kappa shape index (κ2) is 13.6. The topological polar surface area (TPSA) is 117 Å². The van der Waals surface area contributed by atoms with Crippen molar-refractivity contribution in [2.45, 2.75) is 90.3 Å². The summed E-state index contributed by atoms with van der Waals surface area (Å²) >= 11 is 0. The molecular formula is C33H45N7O3. The third-order valence-corrected chi connectivity index (χ3v) is 8.01. The zero-order valence-corrected chi connectivity index (χ0v) is 25.9. The first-order valence-electron chi connectivity index (χ1n) is 15.6. The van der Waals surface area contributed by atoms with E-state index in [-0.39, 0.29) is 12.0 Å². The third-order valence-electron chi connectivity index (χ3n) is 8.01. The van der Waals surface area contributed by atoms with Crippen LogP contribution in [0.4, 0.5) is 10.6 Å². The van der Waals surface area contributed by atoms with Gasteiger partial charge in [0, 0.05) is 53.4 Å². The molecule has 1 aliphatic rings. The number of amides is 2. The molecule has 1 aliphatic heterocycles. The number of aryl methyl sites for hydroxylation is 1. The summed E-state index contributed by atoms with van der Waals surface area (Å²) in [4.78, 5) is 35.1. The van der Waals surface area contributed by atoms with Crippen LogP contribution in [0.25, 0.3) is 21.8 Å². The maximum Gasteiger partial charge on any atom is 0.407 e. The van der Waals surface area contributed by atoms with Gasteiger partial charge in [0.05, 0.1) is 17.2 Å². The van der Waals surface area contributed by atoms with E-state index in [1.54, 1.807) is 0 Å². The van der Waals surface area contributed by atoms with Crippen LogP contribution >= 0.6 is 0 Å². The van der Waals surface area contributed by atoms with Crippen molar-refractivity contribution in [2.75, 3.05) is 25.5 Å². The van der Waals surface area contributed by atoms with Crippen molar-refractivity contribution in [2.24, 2.45) is 0 Å². The van der Waals surface area contributed by atoms with Crippen LogP contribution in [0, 0.1) is 0 Å². The number of aromatic nitrogens is 4. The Bertz CT molecular complexity index is 1550. The van der Waals surface area contributed by atoms with Crippen LogP contribution in [0.2, 0.25) is 0 Å². The minimum Gasteiger partial charge on any atom is -0.444 e. The number of nitrogens with one attached hydrogen (secondary N) is 3. The Labute approximate surface area is 253 Å². The SMILES string of the molecule is CN1CCC[C@H]1c1cc2cnc(NC(=O)c3ccc4c(cnn4CCCCCCCCNC(=O)OC(C)(C)C)c3)cc2[nH]1. The molecule has 1 aromatic carbocycles. The number of anilines is 1. The molecule has 4 aromatic rings. The molecule has 0 aliphatic carbocycles. The Balaban J connectivity index is 1.05. The maximum absolute atomic E-state index is 13.1. The van der Waals surface area contributed by atoms with E-state index >= 15 is 0 Å². The van der Waals surface area contributed by atoms with Crippen molar-refractivity contribution in [1.82, 2.24) is 30.0 Å². The number of pyridine rings is 1. The van der Waals surface area contributed by atoms with Gasteiger partial charge in [0.1, 0.15) is 11.4 Å². The van der Waals surface area contributed by atoms with Crippen LogP contribution < -0.4 is 10.6 Å². The van der Waals surface area contributed by atoms with Crippen LogP contribution in [0.1, 0.15) is 94.2 Å². The highest BCUT2D eigenvalue weighted by Gasteiger charge is 2.24. The minimum atomic E-state index is -0.464. The summed E-state index contributed by atoms with van der Waals surface area (Å²) in [5, 5.41) is 12.3. The van der Waals surface area contributed by atoms with Gasteiger partial charge in [-0.05, 0) is 84.3 Å². The van der Waals surface area contributed by atoms with Gasteiger partial charge in [0.2, 0.25) is 0 Å². The number of hydrogen-bond donors (Lipinski definition) is 3. The summed E-state index contributed by atoms with van der Waals surface area (Å²) in [6, 6.07) is 10.2. The number of hydrogen-bond acceptors (Lipinski definition) is 6. The van der Waals surface area contributed by atoms with Gasteiger partial charge in [0.25, 0.3) is 5.91 Å². The molecule has 230 valence electrons. The van der Waals surface area contributed by atoms with Crippen LogP contribution in [-0.2, 0) is 11.3 Å². The average molecular weight is 588 g/mol. The molecule has 0 radical (unpaired) electrons. The summed E-state index contributed by atoms with van der Waals surface area (Å²) < 4.78 is 7.27. The number of unbranched alkanes of at least 4 members (excludes halogenated alkanes) is 5. The van der Waals surface area contributed by atoms with Crippen LogP contribution in [0.5, 0.6) is 0 Å². The Hall–Kier alpha value is -3.92. The quantitative estimate of drug-likeness (QED) is 0.157. The average Bonchev–Trinajstić information content (AvgIpc) is 3.68. The number of carbonyl (C=O) groups is 2. The van der Waals surface area contributed by atoms with E-state index < -0.39 is 5.60 Å². The van der Waals surface area contributed by atoms with Crippen molar-refractivity contribution >= 4 is 39.6 Å². The lowest BCUT2D eigenvalue weighted by atomic mass is 10.1. The summed E-state index contributed by atoms with van der Waals surface area (Å²) in [5.41, 5.74) is 3.32. The number of carbonyl (C=O) groups excluding carboxylic acids is 2. The van der Waals surface area contributed by atoms with E-state index in [1.165, 1.54) is 12.1 Å². The van der Waals surface area contributed by atoms with Crippen molar-refractivity contribution in [3.05, 3.63) is 54.0 Å². The van der Waals surface area contributed by atoms with E-state index in [9.17, 15) is 9.59 Å². The molecule has 0 bridgehead atoms. The van der Waals surface area contributed by atoms with Crippen LogP contribution in [0.15, 0.2) is 42.7 Å². The van der Waals surface area contributed by atoms with Crippen molar-refractivity contribution in [3.63, 3.8) is 0 Å². The first kappa shape index (κ1) is 30.5. The van der Waals surface area contributed by atoms with Gasteiger partial charge in [-0.3, -0.25) is 14.4 Å². The fraction of sp³-hybridized carbons (Fsp3) is 0.515. The van der Waals surface area contributed by atoms with E-state index in [4.69, 9.17) is 4.74 Å². The monoisotopic (exact) mass is 587 g/mol. The molecule has 2 amide bonds. The second-order valence-electron chi connectivity index (χ2n) is 12.7. The molecule has 1 atom stereocenters. The van der Waals surface area contributed by atoms with Gasteiger partial charge in [-0.2, -0.15) is 5.10 Å². The molecule has 3 aromatic heterocycles. The largest absolute Gasteiger partial charge is 0.444 e.